The Morgan fingerprint density at radius 3 is 2.75 bits per heavy atom. The van der Waals surface area contributed by atoms with E-state index < -0.39 is 6.04 Å². The number of carbonyl (C=O) groups is 2. The van der Waals surface area contributed by atoms with E-state index in [2.05, 4.69) is 12.2 Å². The van der Waals surface area contributed by atoms with E-state index in [1.807, 2.05) is 30.3 Å². The molecule has 0 bridgehead atoms. The third-order valence-electron chi connectivity index (χ3n) is 4.76. The van der Waals surface area contributed by atoms with Gasteiger partial charge in [-0.25, -0.2) is 0 Å². The molecule has 1 unspecified atom stereocenters. The molecule has 0 spiro atoms. The summed E-state index contributed by atoms with van der Waals surface area (Å²) in [6.07, 6.45) is 3.26. The highest BCUT2D eigenvalue weighted by molar-refractivity contribution is 6.31. The number of rotatable bonds is 8. The van der Waals surface area contributed by atoms with Crippen LogP contribution >= 0.6 is 11.6 Å². The fourth-order valence-corrected chi connectivity index (χ4v) is 3.58. The van der Waals surface area contributed by atoms with Crippen LogP contribution in [0.15, 0.2) is 42.5 Å². The topological polar surface area (TPSA) is 58.6 Å². The molecule has 1 aliphatic rings. The molecule has 2 amide bonds. The maximum Gasteiger partial charge on any atom is 0.254 e. The van der Waals surface area contributed by atoms with Crippen molar-refractivity contribution in [2.75, 3.05) is 11.5 Å². The quantitative estimate of drug-likeness (QED) is 0.657. The second kappa shape index (κ2) is 9.11. The number of benzene rings is 2. The number of fused-ring (bicyclic) bond motifs is 1. The molecule has 148 valence electrons. The van der Waals surface area contributed by atoms with Crippen molar-refractivity contribution in [2.24, 2.45) is 0 Å². The van der Waals surface area contributed by atoms with Gasteiger partial charge in [0.25, 0.3) is 5.91 Å². The number of para-hydroxylation sites is 1. The Balaban J connectivity index is 1.85. The molecule has 1 aliphatic heterocycles. The van der Waals surface area contributed by atoms with Crippen LogP contribution in [-0.4, -0.2) is 18.4 Å². The van der Waals surface area contributed by atoms with Gasteiger partial charge in [0.05, 0.1) is 13.2 Å². The average molecular weight is 401 g/mol. The Labute approximate surface area is 170 Å². The van der Waals surface area contributed by atoms with Crippen LogP contribution in [0, 0.1) is 0 Å². The molecule has 0 saturated carbocycles. The fraction of sp³-hybridized carbons (Fsp3) is 0.364. The third kappa shape index (κ3) is 4.47. The summed E-state index contributed by atoms with van der Waals surface area (Å²) in [4.78, 5) is 26.3. The lowest BCUT2D eigenvalue weighted by molar-refractivity contribution is -0.126. The van der Waals surface area contributed by atoms with Crippen molar-refractivity contribution in [3.05, 3.63) is 58.6 Å². The first-order valence-electron chi connectivity index (χ1n) is 9.60. The van der Waals surface area contributed by atoms with Crippen molar-refractivity contribution in [1.82, 2.24) is 5.32 Å². The standard InChI is InChI=1S/C22H25ClN2O3/c1-3-4-7-12-28-20-9-6-5-8-16(20)14-25-19-11-10-17(23)13-18(19)21(22(25)27)24-15(2)26/h5-6,8-11,13,21H,3-4,7,12,14H2,1-2H3,(H,24,26). The van der Waals surface area contributed by atoms with Crippen LogP contribution in [0.5, 0.6) is 5.75 Å². The minimum Gasteiger partial charge on any atom is -0.493 e. The number of unbranched alkanes of at least 4 members (excludes halogenated alkanes) is 2. The van der Waals surface area contributed by atoms with E-state index in [1.54, 1.807) is 17.0 Å². The number of ether oxygens (including phenoxy) is 1. The Morgan fingerprint density at radius 2 is 2.00 bits per heavy atom. The molecule has 1 N–H and O–H groups in total. The summed E-state index contributed by atoms with van der Waals surface area (Å²) < 4.78 is 5.95. The molecule has 28 heavy (non-hydrogen) atoms. The number of hydrogen-bond acceptors (Lipinski definition) is 3. The summed E-state index contributed by atoms with van der Waals surface area (Å²) >= 11 is 6.13. The molecular weight excluding hydrogens is 376 g/mol. The van der Waals surface area contributed by atoms with Gasteiger partial charge < -0.3 is 15.0 Å². The van der Waals surface area contributed by atoms with Crippen molar-refractivity contribution in [1.29, 1.82) is 0 Å². The SMILES string of the molecule is CCCCCOc1ccccc1CN1C(=O)C(NC(C)=O)c2cc(Cl)ccc21. The number of hydrogen-bond donors (Lipinski definition) is 1. The summed E-state index contributed by atoms with van der Waals surface area (Å²) in [6.45, 7) is 4.58. The average Bonchev–Trinajstić information content (AvgIpc) is 2.91. The highest BCUT2D eigenvalue weighted by Gasteiger charge is 2.38. The molecule has 0 saturated heterocycles. The predicted octanol–water partition coefficient (Wildman–Crippen LogP) is 4.63. The van der Waals surface area contributed by atoms with E-state index in [0.717, 1.165) is 36.3 Å². The van der Waals surface area contributed by atoms with Crippen LogP contribution in [0.2, 0.25) is 5.02 Å². The van der Waals surface area contributed by atoms with Crippen LogP contribution in [0.25, 0.3) is 0 Å². The largest absolute Gasteiger partial charge is 0.493 e. The van der Waals surface area contributed by atoms with E-state index in [4.69, 9.17) is 16.3 Å². The van der Waals surface area contributed by atoms with Crippen molar-refractivity contribution >= 4 is 29.1 Å². The first-order valence-corrected chi connectivity index (χ1v) is 9.97. The Morgan fingerprint density at radius 1 is 1.21 bits per heavy atom. The van der Waals surface area contributed by atoms with Gasteiger partial charge in [0.2, 0.25) is 5.91 Å². The van der Waals surface area contributed by atoms with E-state index in [9.17, 15) is 9.59 Å². The van der Waals surface area contributed by atoms with E-state index in [1.165, 1.54) is 6.92 Å². The van der Waals surface area contributed by atoms with Crippen LogP contribution in [0.3, 0.4) is 0 Å². The molecule has 1 atom stereocenters. The van der Waals surface area contributed by atoms with Crippen LogP contribution in [0.1, 0.15) is 50.3 Å². The predicted molar refractivity (Wildman–Crippen MR) is 111 cm³/mol. The highest BCUT2D eigenvalue weighted by atomic mass is 35.5. The lowest BCUT2D eigenvalue weighted by Gasteiger charge is -2.20. The van der Waals surface area contributed by atoms with Gasteiger partial charge >= 0.3 is 0 Å². The fourth-order valence-electron chi connectivity index (χ4n) is 3.40. The van der Waals surface area contributed by atoms with Gasteiger partial charge in [-0.3, -0.25) is 9.59 Å². The van der Waals surface area contributed by atoms with Crippen molar-refractivity contribution in [2.45, 2.75) is 45.7 Å². The maximum absolute atomic E-state index is 13.1. The molecular formula is C22H25ClN2O3. The number of amides is 2. The lowest BCUT2D eigenvalue weighted by Crippen LogP contribution is -2.36. The molecule has 1 heterocycles. The summed E-state index contributed by atoms with van der Waals surface area (Å²) in [5.74, 6) is 0.351. The number of carbonyl (C=O) groups excluding carboxylic acids is 2. The van der Waals surface area contributed by atoms with Gasteiger partial charge in [0, 0.05) is 28.8 Å². The number of nitrogens with zero attached hydrogens (tertiary/aromatic N) is 1. The summed E-state index contributed by atoms with van der Waals surface area (Å²) in [5, 5.41) is 3.26. The second-order valence-electron chi connectivity index (χ2n) is 6.92. The van der Waals surface area contributed by atoms with E-state index in [-0.39, 0.29) is 11.8 Å². The molecule has 0 fully saturated rings. The Hall–Kier alpha value is -2.53. The van der Waals surface area contributed by atoms with Crippen molar-refractivity contribution in [3.63, 3.8) is 0 Å². The zero-order valence-electron chi connectivity index (χ0n) is 16.2. The monoisotopic (exact) mass is 400 g/mol. The molecule has 0 aliphatic carbocycles. The normalized spacial score (nSPS) is 15.5. The van der Waals surface area contributed by atoms with Crippen LogP contribution < -0.4 is 15.0 Å². The molecule has 5 nitrogen and oxygen atoms in total. The van der Waals surface area contributed by atoms with Gasteiger partial charge in [-0.15, -0.1) is 0 Å². The minimum absolute atomic E-state index is 0.173. The Kier molecular flexibility index (Phi) is 6.57. The molecule has 0 aromatic heterocycles. The van der Waals surface area contributed by atoms with Gasteiger partial charge in [-0.1, -0.05) is 49.6 Å². The smallest absolute Gasteiger partial charge is 0.254 e. The first-order chi connectivity index (χ1) is 13.5. The Bertz CT molecular complexity index is 869. The molecule has 2 aromatic carbocycles. The van der Waals surface area contributed by atoms with Crippen molar-refractivity contribution in [3.8, 4) is 5.75 Å². The number of halogens is 1. The zero-order chi connectivity index (χ0) is 20.1. The molecule has 6 heteroatoms. The second-order valence-corrected chi connectivity index (χ2v) is 7.36. The highest BCUT2D eigenvalue weighted by Crippen LogP contribution is 2.39. The number of anilines is 1. The van der Waals surface area contributed by atoms with Gasteiger partial charge in [-0.05, 0) is 30.7 Å². The first kappa shape index (κ1) is 20.2. The van der Waals surface area contributed by atoms with Crippen LogP contribution in [-0.2, 0) is 16.1 Å². The summed E-state index contributed by atoms with van der Waals surface area (Å²) in [5.41, 5.74) is 2.40. The molecule has 2 aromatic rings. The van der Waals surface area contributed by atoms with Crippen LogP contribution in [0.4, 0.5) is 5.69 Å². The molecule has 3 rings (SSSR count). The minimum atomic E-state index is -0.719. The van der Waals surface area contributed by atoms with E-state index >= 15 is 0 Å². The number of nitrogens with one attached hydrogen (secondary N) is 1. The third-order valence-corrected chi connectivity index (χ3v) is 4.99. The molecule has 0 radical (unpaired) electrons. The lowest BCUT2D eigenvalue weighted by atomic mass is 10.1. The maximum atomic E-state index is 13.1. The van der Waals surface area contributed by atoms with Gasteiger partial charge in [0.1, 0.15) is 11.8 Å². The van der Waals surface area contributed by atoms with E-state index in [0.29, 0.717) is 23.7 Å². The van der Waals surface area contributed by atoms with Gasteiger partial charge in [-0.2, -0.15) is 0 Å². The summed E-state index contributed by atoms with van der Waals surface area (Å²) in [6, 6.07) is 12.3. The van der Waals surface area contributed by atoms with Crippen molar-refractivity contribution < 1.29 is 14.3 Å². The zero-order valence-corrected chi connectivity index (χ0v) is 17.0. The van der Waals surface area contributed by atoms with Gasteiger partial charge in [0.15, 0.2) is 0 Å². The summed E-state index contributed by atoms with van der Waals surface area (Å²) in [7, 11) is 0.